The quantitative estimate of drug-likeness (QED) is 0.496. The molecular weight excluding hydrogens is 374 g/mol. The second kappa shape index (κ2) is 8.63. The molecule has 0 aliphatic carbocycles. The van der Waals surface area contributed by atoms with Crippen molar-refractivity contribution in [2.45, 2.75) is 25.3 Å². The van der Waals surface area contributed by atoms with Crippen molar-refractivity contribution in [3.05, 3.63) is 72.9 Å². The molecule has 1 unspecified atom stereocenters. The number of para-hydroxylation sites is 1. The Balaban J connectivity index is 1.47. The normalized spacial score (nSPS) is 15.9. The first-order valence-corrected chi connectivity index (χ1v) is 10.6. The number of fused-ring (bicyclic) bond motifs is 1. The zero-order valence-electron chi connectivity index (χ0n) is 16.9. The van der Waals surface area contributed by atoms with Crippen molar-refractivity contribution in [3.63, 3.8) is 0 Å². The van der Waals surface area contributed by atoms with Gasteiger partial charge in [0, 0.05) is 29.9 Å². The molecule has 3 aromatic heterocycles. The van der Waals surface area contributed by atoms with Crippen molar-refractivity contribution < 1.29 is 4.42 Å². The number of likely N-dealkylation sites (tertiary alicyclic amines) is 1. The summed E-state index contributed by atoms with van der Waals surface area (Å²) in [5.74, 6) is 2.51. The first-order valence-electron chi connectivity index (χ1n) is 10.6. The average Bonchev–Trinajstić information content (AvgIpc) is 3.35. The summed E-state index contributed by atoms with van der Waals surface area (Å²) in [6.45, 7) is 2.91. The summed E-state index contributed by atoms with van der Waals surface area (Å²) in [7, 11) is 0. The molecule has 6 heteroatoms. The van der Waals surface area contributed by atoms with Crippen LogP contribution in [-0.2, 0) is 0 Å². The highest BCUT2D eigenvalue weighted by Crippen LogP contribution is 2.28. The fourth-order valence-electron chi connectivity index (χ4n) is 4.15. The van der Waals surface area contributed by atoms with Gasteiger partial charge in [-0.25, -0.2) is 9.97 Å². The fraction of sp³-hybridized carbons (Fsp3) is 0.292. The van der Waals surface area contributed by atoms with Crippen LogP contribution < -0.4 is 5.32 Å². The number of nitrogens with zero attached hydrogens (tertiary/aromatic N) is 4. The van der Waals surface area contributed by atoms with Crippen molar-refractivity contribution in [1.29, 1.82) is 0 Å². The SMILES string of the molecule is c1cncc(-c2nc(NCC(c3ccco3)N3CCCCC3)c3ccccc3n2)c1. The number of furan rings is 1. The van der Waals surface area contributed by atoms with Crippen LogP contribution in [0, 0.1) is 0 Å². The number of aromatic nitrogens is 3. The second-order valence-corrected chi connectivity index (χ2v) is 7.66. The molecule has 4 heterocycles. The van der Waals surface area contributed by atoms with Crippen molar-refractivity contribution in [2.24, 2.45) is 0 Å². The standard InChI is InChI=1S/C24H25N5O/c1-4-13-29(14-5-1)21(22-11-7-15-30-22)17-26-24-19-9-2-3-10-20(19)27-23(28-24)18-8-6-12-25-16-18/h2-3,6-12,15-16,21H,1,4-5,13-14,17H2,(H,26,27,28). The van der Waals surface area contributed by atoms with Crippen molar-refractivity contribution in [1.82, 2.24) is 19.9 Å². The molecular formula is C24H25N5O. The van der Waals surface area contributed by atoms with E-state index in [-0.39, 0.29) is 6.04 Å². The molecule has 1 aromatic carbocycles. The van der Waals surface area contributed by atoms with Gasteiger partial charge in [-0.15, -0.1) is 0 Å². The third-order valence-electron chi connectivity index (χ3n) is 5.69. The van der Waals surface area contributed by atoms with Crippen molar-refractivity contribution in [2.75, 3.05) is 25.0 Å². The van der Waals surface area contributed by atoms with E-state index >= 15 is 0 Å². The minimum absolute atomic E-state index is 0.177. The predicted molar refractivity (Wildman–Crippen MR) is 118 cm³/mol. The molecule has 0 bridgehead atoms. The summed E-state index contributed by atoms with van der Waals surface area (Å²) in [5.41, 5.74) is 1.83. The van der Waals surface area contributed by atoms with Gasteiger partial charge in [0.1, 0.15) is 11.6 Å². The second-order valence-electron chi connectivity index (χ2n) is 7.66. The summed E-state index contributed by atoms with van der Waals surface area (Å²) in [6.07, 6.45) is 9.09. The minimum atomic E-state index is 0.177. The van der Waals surface area contributed by atoms with Gasteiger partial charge in [-0.05, 0) is 62.3 Å². The maximum atomic E-state index is 5.80. The molecule has 1 saturated heterocycles. The summed E-state index contributed by atoms with van der Waals surface area (Å²) in [5, 5.41) is 4.63. The topological polar surface area (TPSA) is 67.1 Å². The van der Waals surface area contributed by atoms with E-state index in [1.54, 1.807) is 18.7 Å². The van der Waals surface area contributed by atoms with Gasteiger partial charge >= 0.3 is 0 Å². The van der Waals surface area contributed by atoms with Crippen LogP contribution in [0.25, 0.3) is 22.3 Å². The summed E-state index contributed by atoms with van der Waals surface area (Å²) in [4.78, 5) is 16.3. The van der Waals surface area contributed by atoms with Crippen LogP contribution in [0.5, 0.6) is 0 Å². The maximum Gasteiger partial charge on any atom is 0.163 e. The third-order valence-corrected chi connectivity index (χ3v) is 5.69. The molecule has 5 rings (SSSR count). The number of benzene rings is 1. The molecule has 1 N–H and O–H groups in total. The van der Waals surface area contributed by atoms with E-state index in [4.69, 9.17) is 14.4 Å². The van der Waals surface area contributed by atoms with Gasteiger partial charge in [0.15, 0.2) is 5.82 Å². The van der Waals surface area contributed by atoms with Gasteiger partial charge in [0.2, 0.25) is 0 Å². The van der Waals surface area contributed by atoms with Crippen LogP contribution >= 0.6 is 0 Å². The van der Waals surface area contributed by atoms with Gasteiger partial charge in [0.25, 0.3) is 0 Å². The highest BCUT2D eigenvalue weighted by Gasteiger charge is 2.24. The lowest BCUT2D eigenvalue weighted by molar-refractivity contribution is 0.153. The molecule has 152 valence electrons. The first-order chi connectivity index (χ1) is 14.9. The van der Waals surface area contributed by atoms with E-state index in [0.29, 0.717) is 5.82 Å². The molecule has 4 aromatic rings. The number of hydrogen-bond donors (Lipinski definition) is 1. The van der Waals surface area contributed by atoms with E-state index in [9.17, 15) is 0 Å². The molecule has 0 spiro atoms. The number of nitrogens with one attached hydrogen (secondary N) is 1. The lowest BCUT2D eigenvalue weighted by Gasteiger charge is -2.33. The van der Waals surface area contributed by atoms with Crippen molar-refractivity contribution in [3.8, 4) is 11.4 Å². The first kappa shape index (κ1) is 18.8. The van der Waals surface area contributed by atoms with Crippen molar-refractivity contribution >= 4 is 16.7 Å². The lowest BCUT2D eigenvalue weighted by atomic mass is 10.1. The molecule has 30 heavy (non-hydrogen) atoms. The van der Waals surface area contributed by atoms with Crippen LogP contribution in [0.2, 0.25) is 0 Å². The largest absolute Gasteiger partial charge is 0.468 e. The van der Waals surface area contributed by atoms with Crippen LogP contribution in [0.3, 0.4) is 0 Å². The van der Waals surface area contributed by atoms with Crippen LogP contribution in [0.4, 0.5) is 5.82 Å². The zero-order chi connectivity index (χ0) is 20.2. The summed E-state index contributed by atoms with van der Waals surface area (Å²) in [6, 6.07) is 16.2. The van der Waals surface area contributed by atoms with Gasteiger partial charge in [0.05, 0.1) is 17.8 Å². The molecule has 1 aliphatic heterocycles. The summed E-state index contributed by atoms with van der Waals surface area (Å²) >= 11 is 0. The Morgan fingerprint density at radius 2 is 1.87 bits per heavy atom. The number of pyridine rings is 1. The van der Waals surface area contributed by atoms with Gasteiger partial charge in [-0.3, -0.25) is 9.88 Å². The Morgan fingerprint density at radius 3 is 2.67 bits per heavy atom. The highest BCUT2D eigenvalue weighted by atomic mass is 16.3. The van der Waals surface area contributed by atoms with Crippen LogP contribution in [0.15, 0.2) is 71.6 Å². The van der Waals surface area contributed by atoms with Gasteiger partial charge < -0.3 is 9.73 Å². The Bertz CT molecular complexity index is 1090. The van der Waals surface area contributed by atoms with Crippen LogP contribution in [-0.4, -0.2) is 39.5 Å². The fourth-order valence-corrected chi connectivity index (χ4v) is 4.15. The third kappa shape index (κ3) is 3.91. The predicted octanol–water partition coefficient (Wildman–Crippen LogP) is 4.92. The van der Waals surface area contributed by atoms with Gasteiger partial charge in [-0.2, -0.15) is 0 Å². The highest BCUT2D eigenvalue weighted by molar-refractivity contribution is 5.90. The monoisotopic (exact) mass is 399 g/mol. The van der Waals surface area contributed by atoms with Crippen LogP contribution in [0.1, 0.15) is 31.1 Å². The maximum absolute atomic E-state index is 5.80. The van der Waals surface area contributed by atoms with E-state index < -0.39 is 0 Å². The average molecular weight is 399 g/mol. The molecule has 0 saturated carbocycles. The van der Waals surface area contributed by atoms with E-state index in [1.807, 2.05) is 36.4 Å². The number of anilines is 1. The number of piperidine rings is 1. The minimum Gasteiger partial charge on any atom is -0.468 e. The summed E-state index contributed by atoms with van der Waals surface area (Å²) < 4.78 is 5.80. The Hall–Kier alpha value is -3.25. The molecule has 1 aliphatic rings. The molecule has 1 fully saturated rings. The molecule has 1 atom stereocenters. The Labute approximate surface area is 176 Å². The Kier molecular flexibility index (Phi) is 5.40. The number of rotatable bonds is 6. The van der Waals surface area contributed by atoms with E-state index in [1.165, 1.54) is 19.3 Å². The van der Waals surface area contributed by atoms with E-state index in [2.05, 4.69) is 27.3 Å². The number of hydrogen-bond acceptors (Lipinski definition) is 6. The Morgan fingerprint density at radius 1 is 0.967 bits per heavy atom. The van der Waals surface area contributed by atoms with Gasteiger partial charge in [-0.1, -0.05) is 18.6 Å². The molecule has 6 nitrogen and oxygen atoms in total. The molecule has 0 amide bonds. The molecule has 0 radical (unpaired) electrons. The van der Waals surface area contributed by atoms with E-state index in [0.717, 1.165) is 47.7 Å². The zero-order valence-corrected chi connectivity index (χ0v) is 16.9. The lowest BCUT2D eigenvalue weighted by Crippen LogP contribution is -2.37. The smallest absolute Gasteiger partial charge is 0.163 e.